The van der Waals surface area contributed by atoms with Crippen LogP contribution in [-0.2, 0) is 13.1 Å². The molecule has 0 saturated heterocycles. The smallest absolute Gasteiger partial charge is 0.164 e. The summed E-state index contributed by atoms with van der Waals surface area (Å²) in [7, 11) is 0. The van der Waals surface area contributed by atoms with Gasteiger partial charge in [0, 0.05) is 6.54 Å². The first-order chi connectivity index (χ1) is 7.06. The Hall–Kier alpha value is -0.970. The average molecular weight is 211 g/mol. The summed E-state index contributed by atoms with van der Waals surface area (Å²) in [5, 5.41) is 11.5. The molecule has 0 aliphatic rings. The van der Waals surface area contributed by atoms with Gasteiger partial charge in [0.1, 0.15) is 0 Å². The monoisotopic (exact) mass is 211 g/mol. The standard InChI is InChI=1S/C10H21N5/c1-7(2)9(8(3)4)6-15-10(5-11)12-13-14-15/h7-9H,5-6,11H2,1-4H3. The molecule has 0 spiro atoms. The lowest BCUT2D eigenvalue weighted by atomic mass is 9.85. The number of nitrogens with two attached hydrogens (primary N) is 1. The van der Waals surface area contributed by atoms with Crippen LogP contribution in [0.1, 0.15) is 33.5 Å². The Morgan fingerprint density at radius 3 is 2.27 bits per heavy atom. The molecule has 1 rings (SSSR count). The van der Waals surface area contributed by atoms with E-state index in [1.54, 1.807) is 0 Å². The predicted octanol–water partition coefficient (Wildman–Crippen LogP) is 1.06. The molecule has 0 amide bonds. The van der Waals surface area contributed by atoms with Gasteiger partial charge in [0.05, 0.1) is 6.54 Å². The average Bonchev–Trinajstić information content (AvgIpc) is 2.59. The van der Waals surface area contributed by atoms with Crippen molar-refractivity contribution in [1.29, 1.82) is 0 Å². The highest BCUT2D eigenvalue weighted by Gasteiger charge is 2.19. The van der Waals surface area contributed by atoms with E-state index in [1.807, 2.05) is 4.68 Å². The van der Waals surface area contributed by atoms with Crippen molar-refractivity contribution in [2.45, 2.75) is 40.8 Å². The maximum absolute atomic E-state index is 5.56. The lowest BCUT2D eigenvalue weighted by molar-refractivity contribution is 0.238. The first-order valence-electron chi connectivity index (χ1n) is 5.51. The van der Waals surface area contributed by atoms with Crippen LogP contribution in [0, 0.1) is 17.8 Å². The van der Waals surface area contributed by atoms with Crippen molar-refractivity contribution in [2.24, 2.45) is 23.5 Å². The Labute approximate surface area is 91.0 Å². The van der Waals surface area contributed by atoms with Crippen LogP contribution >= 0.6 is 0 Å². The molecule has 5 nitrogen and oxygen atoms in total. The third-order valence-electron chi connectivity index (χ3n) is 2.89. The largest absolute Gasteiger partial charge is 0.324 e. The maximum atomic E-state index is 5.56. The second-order valence-electron chi connectivity index (χ2n) is 4.63. The first-order valence-corrected chi connectivity index (χ1v) is 5.51. The van der Waals surface area contributed by atoms with Gasteiger partial charge in [0.25, 0.3) is 0 Å². The van der Waals surface area contributed by atoms with Crippen LogP contribution in [0.3, 0.4) is 0 Å². The van der Waals surface area contributed by atoms with Gasteiger partial charge in [0.2, 0.25) is 0 Å². The van der Waals surface area contributed by atoms with Crippen LogP contribution in [0.4, 0.5) is 0 Å². The zero-order valence-corrected chi connectivity index (χ0v) is 10.0. The minimum Gasteiger partial charge on any atom is -0.324 e. The summed E-state index contributed by atoms with van der Waals surface area (Å²) >= 11 is 0. The minimum absolute atomic E-state index is 0.399. The van der Waals surface area contributed by atoms with E-state index in [9.17, 15) is 0 Å². The van der Waals surface area contributed by atoms with Gasteiger partial charge in [0.15, 0.2) is 5.82 Å². The fourth-order valence-electron chi connectivity index (χ4n) is 1.90. The van der Waals surface area contributed by atoms with Gasteiger partial charge in [-0.15, -0.1) is 5.10 Å². The Bertz CT molecular complexity index is 284. The van der Waals surface area contributed by atoms with Crippen molar-refractivity contribution >= 4 is 0 Å². The van der Waals surface area contributed by atoms with E-state index in [2.05, 4.69) is 43.2 Å². The van der Waals surface area contributed by atoms with E-state index in [0.717, 1.165) is 12.4 Å². The molecule has 0 fully saturated rings. The second-order valence-corrected chi connectivity index (χ2v) is 4.63. The number of aromatic nitrogens is 4. The molecule has 0 bridgehead atoms. The zero-order valence-electron chi connectivity index (χ0n) is 10.0. The van der Waals surface area contributed by atoms with E-state index >= 15 is 0 Å². The number of rotatable bonds is 5. The first kappa shape index (κ1) is 12.1. The number of tetrazole rings is 1. The van der Waals surface area contributed by atoms with E-state index in [4.69, 9.17) is 5.73 Å². The van der Waals surface area contributed by atoms with E-state index < -0.39 is 0 Å². The number of nitrogens with zero attached hydrogens (tertiary/aromatic N) is 4. The van der Waals surface area contributed by atoms with E-state index in [0.29, 0.717) is 24.3 Å². The summed E-state index contributed by atoms with van der Waals surface area (Å²) in [5.74, 6) is 2.60. The fraction of sp³-hybridized carbons (Fsp3) is 0.900. The lowest BCUT2D eigenvalue weighted by Gasteiger charge is -2.24. The highest BCUT2D eigenvalue weighted by atomic mass is 15.5. The van der Waals surface area contributed by atoms with Crippen molar-refractivity contribution < 1.29 is 0 Å². The van der Waals surface area contributed by atoms with E-state index in [-0.39, 0.29) is 0 Å². The van der Waals surface area contributed by atoms with Crippen LogP contribution in [-0.4, -0.2) is 20.2 Å². The third-order valence-corrected chi connectivity index (χ3v) is 2.89. The quantitative estimate of drug-likeness (QED) is 0.790. The molecule has 0 atom stereocenters. The van der Waals surface area contributed by atoms with Crippen molar-refractivity contribution in [2.75, 3.05) is 0 Å². The molecule has 0 radical (unpaired) electrons. The summed E-state index contributed by atoms with van der Waals surface area (Å²) in [4.78, 5) is 0. The van der Waals surface area contributed by atoms with Crippen LogP contribution in [0.15, 0.2) is 0 Å². The Morgan fingerprint density at radius 2 is 1.80 bits per heavy atom. The van der Waals surface area contributed by atoms with Crippen molar-refractivity contribution in [1.82, 2.24) is 20.2 Å². The molecule has 1 aromatic rings. The van der Waals surface area contributed by atoms with Crippen molar-refractivity contribution in [3.63, 3.8) is 0 Å². The molecular weight excluding hydrogens is 190 g/mol. The molecule has 0 aliphatic heterocycles. The molecule has 2 N–H and O–H groups in total. The SMILES string of the molecule is CC(C)C(Cn1nnnc1CN)C(C)C. The van der Waals surface area contributed by atoms with Gasteiger partial charge in [-0.3, -0.25) is 0 Å². The number of hydrogen-bond donors (Lipinski definition) is 1. The minimum atomic E-state index is 0.399. The van der Waals surface area contributed by atoms with Crippen molar-refractivity contribution in [3.8, 4) is 0 Å². The molecule has 0 saturated carbocycles. The Morgan fingerprint density at radius 1 is 1.20 bits per heavy atom. The summed E-state index contributed by atoms with van der Waals surface area (Å²) in [5.41, 5.74) is 5.56. The topological polar surface area (TPSA) is 69.6 Å². The van der Waals surface area contributed by atoms with Gasteiger partial charge in [-0.05, 0) is 28.2 Å². The molecule has 0 unspecified atom stereocenters. The summed E-state index contributed by atoms with van der Waals surface area (Å²) in [6.07, 6.45) is 0. The van der Waals surface area contributed by atoms with Crippen LogP contribution in [0.25, 0.3) is 0 Å². The molecular formula is C10H21N5. The highest BCUT2D eigenvalue weighted by Crippen LogP contribution is 2.22. The molecule has 0 aromatic carbocycles. The van der Waals surface area contributed by atoms with Gasteiger partial charge >= 0.3 is 0 Å². The van der Waals surface area contributed by atoms with Crippen LogP contribution in [0.5, 0.6) is 0 Å². The summed E-state index contributed by atoms with van der Waals surface area (Å²) in [6, 6.07) is 0. The predicted molar refractivity (Wildman–Crippen MR) is 58.9 cm³/mol. The zero-order chi connectivity index (χ0) is 11.4. The second kappa shape index (κ2) is 5.21. The Kier molecular flexibility index (Phi) is 4.20. The molecule has 15 heavy (non-hydrogen) atoms. The molecule has 1 aromatic heterocycles. The Balaban J connectivity index is 2.74. The summed E-state index contributed by atoms with van der Waals surface area (Å²) < 4.78 is 1.82. The molecule has 0 aliphatic carbocycles. The normalized spacial score (nSPS) is 12.0. The maximum Gasteiger partial charge on any atom is 0.164 e. The molecule has 5 heteroatoms. The summed E-state index contributed by atoms with van der Waals surface area (Å²) in [6.45, 7) is 10.2. The number of hydrogen-bond acceptors (Lipinski definition) is 4. The van der Waals surface area contributed by atoms with Gasteiger partial charge in [-0.25, -0.2) is 4.68 Å². The lowest BCUT2D eigenvalue weighted by Crippen LogP contribution is -2.24. The van der Waals surface area contributed by atoms with Crippen molar-refractivity contribution in [3.05, 3.63) is 5.82 Å². The van der Waals surface area contributed by atoms with Gasteiger partial charge in [-0.1, -0.05) is 27.7 Å². The third kappa shape index (κ3) is 2.99. The fourth-order valence-corrected chi connectivity index (χ4v) is 1.90. The van der Waals surface area contributed by atoms with Crippen LogP contribution < -0.4 is 5.73 Å². The molecule has 86 valence electrons. The highest BCUT2D eigenvalue weighted by molar-refractivity contribution is 4.80. The van der Waals surface area contributed by atoms with Crippen LogP contribution in [0.2, 0.25) is 0 Å². The van der Waals surface area contributed by atoms with Gasteiger partial charge < -0.3 is 5.73 Å². The van der Waals surface area contributed by atoms with E-state index in [1.165, 1.54) is 0 Å². The molecule has 1 heterocycles. The van der Waals surface area contributed by atoms with Gasteiger partial charge in [-0.2, -0.15) is 0 Å².